The van der Waals surface area contributed by atoms with E-state index in [2.05, 4.69) is 25.8 Å². The maximum absolute atomic E-state index is 13.1. The Morgan fingerprint density at radius 2 is 1.81 bits per heavy atom. The van der Waals surface area contributed by atoms with Crippen molar-refractivity contribution in [2.45, 2.75) is 24.8 Å². The number of hydrogen-bond donors (Lipinski definition) is 0. The number of ether oxygens (including phenoxy) is 1. The van der Waals surface area contributed by atoms with E-state index in [0.29, 0.717) is 18.0 Å². The van der Waals surface area contributed by atoms with Crippen molar-refractivity contribution in [2.75, 3.05) is 20.2 Å². The first kappa shape index (κ1) is 18.1. The Hall–Kier alpha value is -2.31. The number of aromatic nitrogens is 1. The zero-order chi connectivity index (χ0) is 19.2. The second-order valence-corrected chi connectivity index (χ2v) is 9.17. The molecule has 1 aliphatic heterocycles. The number of hydrogen-bond acceptors (Lipinski definition) is 4. The van der Waals surface area contributed by atoms with E-state index in [-0.39, 0.29) is 10.9 Å². The Morgan fingerprint density at radius 3 is 2.52 bits per heavy atom. The summed E-state index contributed by atoms with van der Waals surface area (Å²) >= 11 is 0. The lowest BCUT2D eigenvalue weighted by atomic mass is 9.91. The van der Waals surface area contributed by atoms with Crippen molar-refractivity contribution in [2.24, 2.45) is 5.92 Å². The summed E-state index contributed by atoms with van der Waals surface area (Å²) in [6.45, 7) is 5.84. The molecule has 0 bridgehead atoms. The van der Waals surface area contributed by atoms with Gasteiger partial charge in [0.2, 0.25) is 0 Å². The number of fused-ring (bicyclic) bond motifs is 3. The van der Waals surface area contributed by atoms with Gasteiger partial charge < -0.3 is 4.74 Å². The molecule has 0 radical (unpaired) electrons. The van der Waals surface area contributed by atoms with Gasteiger partial charge in [-0.1, -0.05) is 32.0 Å². The summed E-state index contributed by atoms with van der Waals surface area (Å²) in [5.41, 5.74) is 1.76. The number of likely N-dealkylation sites (N-methyl/N-ethyl adjacent to an activating group) is 1. The van der Waals surface area contributed by atoms with Crippen molar-refractivity contribution in [3.8, 4) is 5.75 Å². The van der Waals surface area contributed by atoms with Crippen molar-refractivity contribution in [1.29, 1.82) is 0 Å². The van der Waals surface area contributed by atoms with Gasteiger partial charge in [0.25, 0.3) is 10.0 Å². The van der Waals surface area contributed by atoms with Crippen molar-refractivity contribution in [3.05, 3.63) is 60.3 Å². The summed E-state index contributed by atoms with van der Waals surface area (Å²) < 4.78 is 33.7. The minimum absolute atomic E-state index is 0.168. The molecule has 2 aromatic carbocycles. The van der Waals surface area contributed by atoms with Gasteiger partial charge in [0.05, 0.1) is 10.4 Å². The Balaban J connectivity index is 1.95. The smallest absolute Gasteiger partial charge is 0.268 e. The number of nitrogens with zero attached hydrogens (tertiary/aromatic N) is 2. The molecule has 4 rings (SSSR count). The van der Waals surface area contributed by atoms with Gasteiger partial charge in [0.15, 0.2) is 0 Å². The van der Waals surface area contributed by atoms with Gasteiger partial charge in [-0.15, -0.1) is 0 Å². The van der Waals surface area contributed by atoms with Gasteiger partial charge in [0.1, 0.15) is 12.4 Å². The predicted octanol–water partition coefficient (Wildman–Crippen LogP) is 3.90. The van der Waals surface area contributed by atoms with Crippen LogP contribution in [0.2, 0.25) is 0 Å². The molecular formula is C21H24N2O3S. The summed E-state index contributed by atoms with van der Waals surface area (Å²) in [5.74, 6) is 1.22. The molecule has 0 N–H and O–H groups in total. The third-order valence-electron chi connectivity index (χ3n) is 5.24. The SMILES string of the molecule is CC(C)C1c2c(ccc3c2ccn3S(=O)(=O)c2ccccc2)OCCN1C. The minimum Gasteiger partial charge on any atom is -0.492 e. The summed E-state index contributed by atoms with van der Waals surface area (Å²) in [6, 6.07) is 14.4. The topological polar surface area (TPSA) is 51.5 Å². The molecule has 142 valence electrons. The highest BCUT2D eigenvalue weighted by Gasteiger charge is 2.30. The molecule has 3 aromatic rings. The average Bonchev–Trinajstić information content (AvgIpc) is 3.01. The minimum atomic E-state index is -3.65. The summed E-state index contributed by atoms with van der Waals surface area (Å²) in [6.07, 6.45) is 1.65. The highest BCUT2D eigenvalue weighted by atomic mass is 32.2. The third kappa shape index (κ3) is 2.93. The molecular weight excluding hydrogens is 360 g/mol. The fraction of sp³-hybridized carbons (Fsp3) is 0.333. The molecule has 0 amide bonds. The average molecular weight is 385 g/mol. The molecule has 0 saturated carbocycles. The fourth-order valence-electron chi connectivity index (χ4n) is 4.04. The molecule has 0 spiro atoms. The normalized spacial score (nSPS) is 18.3. The van der Waals surface area contributed by atoms with Crippen molar-refractivity contribution in [3.63, 3.8) is 0 Å². The predicted molar refractivity (Wildman–Crippen MR) is 107 cm³/mol. The van der Waals surface area contributed by atoms with Crippen LogP contribution in [-0.4, -0.2) is 37.5 Å². The van der Waals surface area contributed by atoms with E-state index in [1.54, 1.807) is 30.5 Å². The van der Waals surface area contributed by atoms with E-state index in [0.717, 1.165) is 23.2 Å². The van der Waals surface area contributed by atoms with Crippen LogP contribution >= 0.6 is 0 Å². The van der Waals surface area contributed by atoms with Gasteiger partial charge in [-0.25, -0.2) is 12.4 Å². The van der Waals surface area contributed by atoms with Crippen LogP contribution in [0.1, 0.15) is 25.5 Å². The van der Waals surface area contributed by atoms with E-state index in [1.165, 1.54) is 3.97 Å². The molecule has 5 nitrogen and oxygen atoms in total. The Kier molecular flexibility index (Phi) is 4.48. The molecule has 1 aromatic heterocycles. The van der Waals surface area contributed by atoms with Crippen molar-refractivity contribution >= 4 is 20.9 Å². The van der Waals surface area contributed by atoms with Crippen LogP contribution in [0.4, 0.5) is 0 Å². The standard InChI is InChI=1S/C21H24N2O3S/c1-15(2)21-20-17-11-12-23(27(24,25)16-7-5-4-6-8-16)18(17)9-10-19(20)26-14-13-22(21)3/h4-12,15,21H,13-14H2,1-3H3. The van der Waals surface area contributed by atoms with Crippen LogP contribution in [0.5, 0.6) is 5.75 Å². The van der Waals surface area contributed by atoms with Crippen molar-refractivity contribution < 1.29 is 13.2 Å². The Bertz CT molecular complexity index is 1070. The molecule has 1 aliphatic rings. The van der Waals surface area contributed by atoms with Crippen LogP contribution in [0.15, 0.2) is 59.6 Å². The monoisotopic (exact) mass is 384 g/mol. The van der Waals surface area contributed by atoms with E-state index in [1.807, 2.05) is 24.3 Å². The van der Waals surface area contributed by atoms with Crippen molar-refractivity contribution in [1.82, 2.24) is 8.87 Å². The second kappa shape index (κ2) is 6.69. The molecule has 6 heteroatoms. The van der Waals surface area contributed by atoms with E-state index >= 15 is 0 Å². The molecule has 0 saturated heterocycles. The van der Waals surface area contributed by atoms with Gasteiger partial charge in [-0.3, -0.25) is 4.90 Å². The highest BCUT2D eigenvalue weighted by Crippen LogP contribution is 2.41. The Labute approximate surface area is 160 Å². The lowest BCUT2D eigenvalue weighted by molar-refractivity contribution is 0.184. The van der Waals surface area contributed by atoms with E-state index < -0.39 is 10.0 Å². The fourth-order valence-corrected chi connectivity index (χ4v) is 5.41. The first-order valence-electron chi connectivity index (χ1n) is 9.19. The lowest BCUT2D eigenvalue weighted by Gasteiger charge is -2.30. The maximum atomic E-state index is 13.1. The molecule has 27 heavy (non-hydrogen) atoms. The second-order valence-electron chi connectivity index (χ2n) is 7.36. The van der Waals surface area contributed by atoms with Crippen LogP contribution in [0, 0.1) is 5.92 Å². The van der Waals surface area contributed by atoms with Crippen LogP contribution in [0.3, 0.4) is 0 Å². The quantitative estimate of drug-likeness (QED) is 0.687. The summed E-state index contributed by atoms with van der Waals surface area (Å²) in [5, 5.41) is 0.930. The van der Waals surface area contributed by atoms with Crippen LogP contribution in [-0.2, 0) is 10.0 Å². The third-order valence-corrected chi connectivity index (χ3v) is 6.95. The zero-order valence-electron chi connectivity index (χ0n) is 15.8. The van der Waals surface area contributed by atoms with E-state index in [9.17, 15) is 8.42 Å². The summed E-state index contributed by atoms with van der Waals surface area (Å²) in [7, 11) is -1.55. The Morgan fingerprint density at radius 1 is 1.07 bits per heavy atom. The van der Waals surface area contributed by atoms with Crippen LogP contribution < -0.4 is 4.74 Å². The molecule has 1 atom stereocenters. The lowest BCUT2D eigenvalue weighted by Crippen LogP contribution is -2.29. The first-order chi connectivity index (χ1) is 12.9. The maximum Gasteiger partial charge on any atom is 0.268 e. The summed E-state index contributed by atoms with van der Waals surface area (Å²) in [4.78, 5) is 2.57. The van der Waals surface area contributed by atoms with E-state index in [4.69, 9.17) is 4.74 Å². The van der Waals surface area contributed by atoms with Gasteiger partial charge in [-0.2, -0.15) is 0 Å². The first-order valence-corrected chi connectivity index (χ1v) is 10.6. The molecule has 1 unspecified atom stereocenters. The highest BCUT2D eigenvalue weighted by molar-refractivity contribution is 7.90. The zero-order valence-corrected chi connectivity index (χ0v) is 16.6. The van der Waals surface area contributed by atoms with Gasteiger partial charge in [-0.05, 0) is 43.3 Å². The number of benzene rings is 2. The molecule has 0 aliphatic carbocycles. The van der Waals surface area contributed by atoms with Gasteiger partial charge >= 0.3 is 0 Å². The molecule has 0 fully saturated rings. The van der Waals surface area contributed by atoms with Crippen LogP contribution in [0.25, 0.3) is 10.9 Å². The van der Waals surface area contributed by atoms with Gasteiger partial charge in [0, 0.05) is 29.7 Å². The number of rotatable bonds is 3. The largest absolute Gasteiger partial charge is 0.492 e. The molecule has 2 heterocycles.